The molecule has 0 heterocycles. The lowest BCUT2D eigenvalue weighted by molar-refractivity contribution is -0.312. The van der Waals surface area contributed by atoms with E-state index in [1.165, 1.54) is 13.0 Å². The number of esters is 1. The summed E-state index contributed by atoms with van der Waals surface area (Å²) in [5.41, 5.74) is -5.94. The van der Waals surface area contributed by atoms with Gasteiger partial charge in [-0.05, 0) is 66.3 Å². The second-order valence-corrected chi connectivity index (χ2v) is 13.4. The number of rotatable bonds is 6. The molecule has 0 aromatic carbocycles. The Balaban J connectivity index is 1.84. The molecule has 0 aliphatic heterocycles. The number of hydrogen-bond donors (Lipinski definition) is 6. The molecule has 8 heteroatoms. The zero-order chi connectivity index (χ0) is 28.4. The molecule has 3 fully saturated rings. The van der Waals surface area contributed by atoms with E-state index in [1.54, 1.807) is 0 Å². The lowest BCUT2D eigenvalue weighted by Gasteiger charge is -2.67. The predicted octanol–water partition coefficient (Wildman–Crippen LogP) is 2.10. The minimum absolute atomic E-state index is 0.186. The van der Waals surface area contributed by atoms with Gasteiger partial charge in [0.25, 0.3) is 0 Å². The fourth-order valence-corrected chi connectivity index (χ4v) is 8.63. The van der Waals surface area contributed by atoms with Crippen LogP contribution in [0.2, 0.25) is 0 Å². The molecule has 4 aliphatic rings. The zero-order valence-electron chi connectivity index (χ0n) is 23.7. The third kappa shape index (κ3) is 4.05. The summed E-state index contributed by atoms with van der Waals surface area (Å²) in [5.74, 6) is 0.605. The number of fused-ring (bicyclic) bond motifs is 5. The van der Waals surface area contributed by atoms with Gasteiger partial charge >= 0.3 is 5.97 Å². The summed E-state index contributed by atoms with van der Waals surface area (Å²) in [4.78, 5) is 12.4. The van der Waals surface area contributed by atoms with Crippen molar-refractivity contribution in [1.29, 1.82) is 0 Å². The van der Waals surface area contributed by atoms with E-state index in [1.807, 2.05) is 0 Å². The average Bonchev–Trinajstić information content (AvgIpc) is 3.17. The van der Waals surface area contributed by atoms with Gasteiger partial charge in [-0.1, -0.05) is 52.8 Å². The maximum atomic E-state index is 12.7. The van der Waals surface area contributed by atoms with Gasteiger partial charge in [0.15, 0.2) is 0 Å². The number of aliphatic hydroxyl groups excluding tert-OH is 4. The van der Waals surface area contributed by atoms with Crippen LogP contribution >= 0.6 is 0 Å². The maximum absolute atomic E-state index is 12.7. The molecule has 0 bridgehead atoms. The molecule has 0 spiro atoms. The molecular formula is C30H48O8. The number of carbonyl (C=O) groups excluding carboxylic acids is 1. The summed E-state index contributed by atoms with van der Waals surface area (Å²) in [6, 6.07) is 0. The first-order valence-corrected chi connectivity index (χ1v) is 14.3. The fraction of sp³-hybridized carbons (Fsp3) is 0.833. The van der Waals surface area contributed by atoms with E-state index >= 15 is 0 Å². The first-order valence-electron chi connectivity index (χ1n) is 14.3. The second kappa shape index (κ2) is 9.96. The summed E-state index contributed by atoms with van der Waals surface area (Å²) >= 11 is 0. The van der Waals surface area contributed by atoms with Crippen molar-refractivity contribution >= 4 is 5.97 Å². The van der Waals surface area contributed by atoms with Crippen molar-refractivity contribution in [3.05, 3.63) is 23.8 Å². The van der Waals surface area contributed by atoms with Crippen LogP contribution in [0.1, 0.15) is 73.6 Å². The summed E-state index contributed by atoms with van der Waals surface area (Å²) in [5, 5.41) is 67.7. The highest BCUT2D eigenvalue weighted by Crippen LogP contribution is 2.69. The van der Waals surface area contributed by atoms with Crippen LogP contribution < -0.4 is 0 Å². The van der Waals surface area contributed by atoms with Crippen molar-refractivity contribution in [2.75, 3.05) is 6.61 Å². The molecular weight excluding hydrogens is 488 g/mol. The molecule has 6 N–H and O–H groups in total. The molecule has 216 valence electrons. The van der Waals surface area contributed by atoms with Crippen LogP contribution in [0, 0.1) is 40.4 Å². The fourth-order valence-electron chi connectivity index (χ4n) is 8.63. The highest BCUT2D eigenvalue weighted by Gasteiger charge is 2.77. The Hall–Kier alpha value is -1.29. The normalized spacial score (nSPS) is 48.2. The maximum Gasteiger partial charge on any atom is 0.303 e. The van der Waals surface area contributed by atoms with Crippen LogP contribution in [-0.4, -0.2) is 78.8 Å². The predicted molar refractivity (Wildman–Crippen MR) is 142 cm³/mol. The van der Waals surface area contributed by atoms with Crippen LogP contribution in [0.25, 0.3) is 0 Å². The van der Waals surface area contributed by atoms with Gasteiger partial charge < -0.3 is 35.4 Å². The number of hydrogen-bond acceptors (Lipinski definition) is 8. The third-order valence-electron chi connectivity index (χ3n) is 11.2. The highest BCUT2D eigenvalue weighted by molar-refractivity contribution is 5.66. The first kappa shape index (κ1) is 29.7. The van der Waals surface area contributed by atoms with Gasteiger partial charge in [-0.3, -0.25) is 4.79 Å². The van der Waals surface area contributed by atoms with E-state index < -0.39 is 60.0 Å². The van der Waals surface area contributed by atoms with Gasteiger partial charge in [-0.25, -0.2) is 0 Å². The summed E-state index contributed by atoms with van der Waals surface area (Å²) in [6.45, 7) is 11.4. The minimum Gasteiger partial charge on any atom is -0.459 e. The summed E-state index contributed by atoms with van der Waals surface area (Å²) in [6.07, 6.45) is 1.82. The molecule has 4 aliphatic carbocycles. The molecule has 4 rings (SSSR count). The van der Waals surface area contributed by atoms with E-state index in [2.05, 4.69) is 46.8 Å². The largest absolute Gasteiger partial charge is 0.459 e. The van der Waals surface area contributed by atoms with Crippen LogP contribution in [0.15, 0.2) is 23.8 Å². The Kier molecular flexibility index (Phi) is 7.78. The Morgan fingerprint density at radius 2 is 1.68 bits per heavy atom. The molecule has 0 unspecified atom stereocenters. The molecule has 3 saturated carbocycles. The topological polar surface area (TPSA) is 148 Å². The highest BCUT2D eigenvalue weighted by atomic mass is 16.6. The lowest BCUT2D eigenvalue weighted by Crippen LogP contribution is -2.80. The smallest absolute Gasteiger partial charge is 0.303 e. The van der Waals surface area contributed by atoms with Gasteiger partial charge in [0.1, 0.15) is 23.4 Å². The molecule has 0 saturated heterocycles. The van der Waals surface area contributed by atoms with Gasteiger partial charge in [0, 0.05) is 13.3 Å². The standard InChI is InChI=1S/C30H48O8/c1-16(2)17(3)7-8-18(4)20-9-10-21-22-11-25(35)29(36)13-24(34)23(33)12-28(29,15-31)30(22,37)26(38-19(5)32)14-27(20,21)6/h7-8,11,16-18,20-21,23-26,31,33-37H,9-10,12-15H2,1-6H3/t17-,18+,20+,21-,23+,24+,25+,26+,27+,28+,29-,30-/m0/s1. The Labute approximate surface area is 226 Å². The Morgan fingerprint density at radius 3 is 2.26 bits per heavy atom. The van der Waals surface area contributed by atoms with Gasteiger partial charge in [0.2, 0.25) is 0 Å². The second-order valence-electron chi connectivity index (χ2n) is 13.4. The average molecular weight is 537 g/mol. The van der Waals surface area contributed by atoms with E-state index in [-0.39, 0.29) is 29.6 Å². The van der Waals surface area contributed by atoms with Gasteiger partial charge in [-0.15, -0.1) is 0 Å². The lowest BCUT2D eigenvalue weighted by atomic mass is 9.42. The monoisotopic (exact) mass is 536 g/mol. The molecule has 0 aromatic heterocycles. The van der Waals surface area contributed by atoms with Crippen LogP contribution in [0.5, 0.6) is 0 Å². The van der Waals surface area contributed by atoms with E-state index in [4.69, 9.17) is 4.74 Å². The third-order valence-corrected chi connectivity index (χ3v) is 11.2. The number of aliphatic hydroxyl groups is 6. The molecule has 12 atom stereocenters. The summed E-state index contributed by atoms with van der Waals surface area (Å²) in [7, 11) is 0. The quantitative estimate of drug-likeness (QED) is 0.223. The van der Waals surface area contributed by atoms with E-state index in [9.17, 15) is 35.4 Å². The van der Waals surface area contributed by atoms with E-state index in [0.717, 1.165) is 12.8 Å². The number of ether oxygens (including phenoxy) is 1. The Morgan fingerprint density at radius 1 is 1.05 bits per heavy atom. The van der Waals surface area contributed by atoms with Crippen molar-refractivity contribution in [3.8, 4) is 0 Å². The van der Waals surface area contributed by atoms with Crippen LogP contribution in [0.4, 0.5) is 0 Å². The Bertz CT molecular complexity index is 977. The van der Waals surface area contributed by atoms with Crippen molar-refractivity contribution in [2.24, 2.45) is 40.4 Å². The van der Waals surface area contributed by atoms with E-state index in [0.29, 0.717) is 23.8 Å². The number of carbonyl (C=O) groups is 1. The molecule has 8 nitrogen and oxygen atoms in total. The van der Waals surface area contributed by atoms with Crippen molar-refractivity contribution in [2.45, 2.75) is 109 Å². The zero-order valence-corrected chi connectivity index (χ0v) is 23.7. The summed E-state index contributed by atoms with van der Waals surface area (Å²) < 4.78 is 5.82. The molecule has 38 heavy (non-hydrogen) atoms. The minimum atomic E-state index is -2.13. The molecule has 0 aromatic rings. The van der Waals surface area contributed by atoms with Crippen LogP contribution in [0.3, 0.4) is 0 Å². The van der Waals surface area contributed by atoms with Crippen LogP contribution in [-0.2, 0) is 9.53 Å². The van der Waals surface area contributed by atoms with Crippen molar-refractivity contribution in [3.63, 3.8) is 0 Å². The van der Waals surface area contributed by atoms with Crippen molar-refractivity contribution in [1.82, 2.24) is 0 Å². The number of allylic oxidation sites excluding steroid dienone is 2. The van der Waals surface area contributed by atoms with Gasteiger partial charge in [0.05, 0.1) is 24.2 Å². The molecule has 0 radical (unpaired) electrons. The first-order chi connectivity index (χ1) is 17.6. The van der Waals surface area contributed by atoms with Crippen molar-refractivity contribution < 1.29 is 40.2 Å². The van der Waals surface area contributed by atoms with Gasteiger partial charge in [-0.2, -0.15) is 0 Å². The SMILES string of the molecule is CC(=O)O[C@@H]1C[C@]2(C)[C@@H]([C@H](C)C=C[C@H](C)C(C)C)CC[C@H]2C2=C[C@@H](O)[C@@]3(O)C[C@@H](O)[C@H](O)C[C@]3(CO)[C@]21O. The molecule has 0 amide bonds.